The number of para-hydroxylation sites is 1. The number of hydrogen-bond acceptors (Lipinski definition) is 6. The van der Waals surface area contributed by atoms with Crippen molar-refractivity contribution in [1.29, 1.82) is 0 Å². The Bertz CT molecular complexity index is 1320. The number of carboxylic acids is 1. The molecule has 5 unspecified atom stereocenters. The molecule has 0 saturated carbocycles. The van der Waals surface area contributed by atoms with E-state index in [4.69, 9.17) is 5.73 Å². The fourth-order valence-electron chi connectivity index (χ4n) is 4.27. The molecule has 3 amide bonds. The average Bonchev–Trinajstić information content (AvgIpc) is 3.33. The number of amides is 3. The number of aliphatic carboxylic acids is 1. The Hall–Kier alpha value is -4.22. The maximum atomic E-state index is 13.6. The lowest BCUT2D eigenvalue weighted by molar-refractivity contribution is -0.145. The van der Waals surface area contributed by atoms with E-state index in [1.54, 1.807) is 32.2 Å². The topological polar surface area (TPSA) is 187 Å². The summed E-state index contributed by atoms with van der Waals surface area (Å²) in [6, 6.07) is 11.8. The third-order valence-corrected chi connectivity index (χ3v) is 6.71. The quantitative estimate of drug-likeness (QED) is 0.164. The first kappa shape index (κ1) is 30.3. The molecule has 0 spiro atoms. The van der Waals surface area contributed by atoms with E-state index in [9.17, 15) is 29.4 Å². The van der Waals surface area contributed by atoms with E-state index < -0.39 is 54.0 Å². The molecule has 2 aromatic carbocycles. The molecular weight excluding hydrogens is 514 g/mol. The Kier molecular flexibility index (Phi) is 10.4. The normalized spacial score (nSPS) is 15.1. The van der Waals surface area contributed by atoms with Gasteiger partial charge >= 0.3 is 5.97 Å². The Morgan fingerprint density at radius 2 is 1.40 bits per heavy atom. The number of benzene rings is 2. The number of aliphatic hydroxyl groups is 1. The van der Waals surface area contributed by atoms with Crippen LogP contribution in [0, 0.1) is 5.92 Å². The van der Waals surface area contributed by atoms with Crippen LogP contribution in [0.3, 0.4) is 0 Å². The molecule has 11 nitrogen and oxygen atoms in total. The van der Waals surface area contributed by atoms with Gasteiger partial charge in [-0.1, -0.05) is 62.4 Å². The fraction of sp³-hybridized carbons (Fsp3) is 0.379. The van der Waals surface area contributed by atoms with Gasteiger partial charge in [-0.3, -0.25) is 14.4 Å². The summed E-state index contributed by atoms with van der Waals surface area (Å²) in [5.74, 6) is -3.54. The van der Waals surface area contributed by atoms with Crippen molar-refractivity contribution in [3.8, 4) is 0 Å². The molecule has 0 saturated heterocycles. The number of carbonyl (C=O) groups is 4. The van der Waals surface area contributed by atoms with Crippen molar-refractivity contribution in [3.63, 3.8) is 0 Å². The van der Waals surface area contributed by atoms with Gasteiger partial charge in [0.1, 0.15) is 12.1 Å². The first-order valence-electron chi connectivity index (χ1n) is 13.1. The van der Waals surface area contributed by atoms with Crippen molar-refractivity contribution in [3.05, 3.63) is 71.9 Å². The molecule has 3 rings (SSSR count). The van der Waals surface area contributed by atoms with Gasteiger partial charge in [0.15, 0.2) is 6.04 Å². The van der Waals surface area contributed by atoms with E-state index >= 15 is 0 Å². The highest BCUT2D eigenvalue weighted by Crippen LogP contribution is 2.19. The zero-order valence-electron chi connectivity index (χ0n) is 22.8. The van der Waals surface area contributed by atoms with Crippen molar-refractivity contribution < 1.29 is 29.4 Å². The van der Waals surface area contributed by atoms with Crippen LogP contribution in [0.25, 0.3) is 10.9 Å². The van der Waals surface area contributed by atoms with Crippen LogP contribution in [0.5, 0.6) is 0 Å². The van der Waals surface area contributed by atoms with Gasteiger partial charge < -0.3 is 36.9 Å². The van der Waals surface area contributed by atoms with Crippen LogP contribution in [0.4, 0.5) is 0 Å². The minimum atomic E-state index is -1.58. The van der Waals surface area contributed by atoms with E-state index in [-0.39, 0.29) is 18.8 Å². The third-order valence-electron chi connectivity index (χ3n) is 6.71. The molecule has 5 atom stereocenters. The van der Waals surface area contributed by atoms with Gasteiger partial charge in [-0.05, 0) is 30.0 Å². The summed E-state index contributed by atoms with van der Waals surface area (Å²) < 4.78 is 0. The first-order valence-corrected chi connectivity index (χ1v) is 13.1. The Morgan fingerprint density at radius 3 is 2.02 bits per heavy atom. The highest BCUT2D eigenvalue weighted by Gasteiger charge is 2.32. The van der Waals surface area contributed by atoms with Crippen LogP contribution in [0.15, 0.2) is 60.8 Å². The number of aromatic amines is 1. The summed E-state index contributed by atoms with van der Waals surface area (Å²) in [5, 5.41) is 27.9. The van der Waals surface area contributed by atoms with E-state index in [1.165, 1.54) is 6.92 Å². The van der Waals surface area contributed by atoms with Gasteiger partial charge in [0.25, 0.3) is 0 Å². The maximum absolute atomic E-state index is 13.6. The molecule has 1 aromatic heterocycles. The number of rotatable bonds is 13. The number of aromatic nitrogens is 1. The minimum absolute atomic E-state index is 0.0191. The number of nitrogens with one attached hydrogen (secondary N) is 4. The van der Waals surface area contributed by atoms with Crippen LogP contribution < -0.4 is 21.7 Å². The molecule has 1 heterocycles. The van der Waals surface area contributed by atoms with Crippen LogP contribution in [0.2, 0.25) is 0 Å². The Labute approximate surface area is 232 Å². The maximum Gasteiger partial charge on any atom is 0.328 e. The van der Waals surface area contributed by atoms with Gasteiger partial charge in [0.2, 0.25) is 17.7 Å². The summed E-state index contributed by atoms with van der Waals surface area (Å²) in [5.41, 5.74) is 8.33. The van der Waals surface area contributed by atoms with Crippen LogP contribution in [-0.2, 0) is 32.0 Å². The van der Waals surface area contributed by atoms with Gasteiger partial charge in [-0.2, -0.15) is 0 Å². The standard InChI is InChI=1S/C29H37N5O6/c1-16(2)24(30)28(38)33-22(13-18-9-5-4-6-10-18)26(36)32-23(27(37)34-25(17(3)35)29(39)40)14-19-15-31-21-12-8-7-11-20(19)21/h4-12,15-17,22-25,31,35H,13-14,30H2,1-3H3,(H,32,36)(H,33,38)(H,34,37)(H,39,40). The lowest BCUT2D eigenvalue weighted by atomic mass is 10.00. The summed E-state index contributed by atoms with van der Waals surface area (Å²) >= 11 is 0. The van der Waals surface area contributed by atoms with Crippen molar-refractivity contribution in [1.82, 2.24) is 20.9 Å². The second kappa shape index (κ2) is 13.7. The monoisotopic (exact) mass is 551 g/mol. The molecule has 0 bridgehead atoms. The van der Waals surface area contributed by atoms with Crippen molar-refractivity contribution in [2.24, 2.45) is 11.7 Å². The molecule has 0 aliphatic carbocycles. The molecule has 0 fully saturated rings. The molecule has 0 aliphatic rings. The highest BCUT2D eigenvalue weighted by molar-refractivity contribution is 5.95. The van der Waals surface area contributed by atoms with Crippen LogP contribution >= 0.6 is 0 Å². The molecule has 8 N–H and O–H groups in total. The predicted octanol–water partition coefficient (Wildman–Crippen LogP) is 0.856. The number of aliphatic hydroxyl groups excluding tert-OH is 1. The number of nitrogens with two attached hydrogens (primary N) is 1. The number of fused-ring (bicyclic) bond motifs is 1. The summed E-state index contributed by atoms with van der Waals surface area (Å²) in [6.45, 7) is 4.83. The number of H-pyrrole nitrogens is 1. The molecular formula is C29H37N5O6. The zero-order chi connectivity index (χ0) is 29.4. The number of carboxylic acid groups (broad SMARTS) is 1. The van der Waals surface area contributed by atoms with Crippen LogP contribution in [0.1, 0.15) is 31.9 Å². The molecule has 214 valence electrons. The molecule has 11 heteroatoms. The van der Waals surface area contributed by atoms with Gasteiger partial charge in [-0.15, -0.1) is 0 Å². The highest BCUT2D eigenvalue weighted by atomic mass is 16.4. The lowest BCUT2D eigenvalue weighted by Gasteiger charge is -2.26. The van der Waals surface area contributed by atoms with E-state index in [0.29, 0.717) is 5.56 Å². The number of hydrogen-bond donors (Lipinski definition) is 7. The second-order valence-corrected chi connectivity index (χ2v) is 10.2. The molecule has 0 aliphatic heterocycles. The van der Waals surface area contributed by atoms with E-state index in [1.807, 2.05) is 42.5 Å². The largest absolute Gasteiger partial charge is 0.480 e. The first-order chi connectivity index (χ1) is 19.0. The molecule has 0 radical (unpaired) electrons. The third kappa shape index (κ3) is 7.90. The summed E-state index contributed by atoms with van der Waals surface area (Å²) in [7, 11) is 0. The smallest absolute Gasteiger partial charge is 0.328 e. The summed E-state index contributed by atoms with van der Waals surface area (Å²) in [6.07, 6.45) is 0.487. The van der Waals surface area contributed by atoms with Gasteiger partial charge in [-0.25, -0.2) is 4.79 Å². The van der Waals surface area contributed by atoms with Crippen molar-refractivity contribution in [2.45, 2.75) is 63.9 Å². The SMILES string of the molecule is CC(C)C(N)C(=O)NC(Cc1ccccc1)C(=O)NC(Cc1c[nH]c2ccccc12)C(=O)NC(C(=O)O)C(C)O. The van der Waals surface area contributed by atoms with Crippen molar-refractivity contribution >= 4 is 34.6 Å². The molecule has 40 heavy (non-hydrogen) atoms. The lowest BCUT2D eigenvalue weighted by Crippen LogP contribution is -2.59. The van der Waals surface area contributed by atoms with Gasteiger partial charge in [0, 0.05) is 29.9 Å². The Morgan fingerprint density at radius 1 is 0.825 bits per heavy atom. The summed E-state index contributed by atoms with van der Waals surface area (Å²) in [4.78, 5) is 54.5. The Balaban J connectivity index is 1.91. The van der Waals surface area contributed by atoms with E-state index in [0.717, 1.165) is 16.5 Å². The molecule has 3 aromatic rings. The van der Waals surface area contributed by atoms with E-state index in [2.05, 4.69) is 20.9 Å². The fourth-order valence-corrected chi connectivity index (χ4v) is 4.27. The van der Waals surface area contributed by atoms with Gasteiger partial charge in [0.05, 0.1) is 12.1 Å². The van der Waals surface area contributed by atoms with Crippen molar-refractivity contribution in [2.75, 3.05) is 0 Å². The minimum Gasteiger partial charge on any atom is -0.480 e. The zero-order valence-corrected chi connectivity index (χ0v) is 22.8. The van der Waals surface area contributed by atoms with Crippen LogP contribution in [-0.4, -0.2) is 69.2 Å². The number of carbonyl (C=O) groups excluding carboxylic acids is 3. The second-order valence-electron chi connectivity index (χ2n) is 10.2. The predicted molar refractivity (Wildman–Crippen MR) is 150 cm³/mol. The average molecular weight is 552 g/mol.